The molecule has 70 valence electrons. The van der Waals surface area contributed by atoms with Gasteiger partial charge in [0.15, 0.2) is 0 Å². The van der Waals surface area contributed by atoms with E-state index in [1.54, 1.807) is 6.07 Å². The number of halogens is 1. The van der Waals surface area contributed by atoms with Gasteiger partial charge >= 0.3 is 0 Å². The molecule has 0 radical (unpaired) electrons. The molecular formula is C11H14FN. The number of fused-ring (bicyclic) bond motifs is 1. The molecule has 1 atom stereocenters. The second-order valence-corrected chi connectivity index (χ2v) is 4.04. The van der Waals surface area contributed by atoms with Crippen molar-refractivity contribution in [2.24, 2.45) is 5.73 Å². The first-order chi connectivity index (χ1) is 6.11. The van der Waals surface area contributed by atoms with Crippen molar-refractivity contribution in [1.82, 2.24) is 0 Å². The Hall–Kier alpha value is -0.890. The van der Waals surface area contributed by atoms with Gasteiger partial charge < -0.3 is 5.73 Å². The van der Waals surface area contributed by atoms with Crippen LogP contribution in [0.1, 0.15) is 30.9 Å². The lowest BCUT2D eigenvalue weighted by atomic mass is 9.78. The van der Waals surface area contributed by atoms with Crippen LogP contribution < -0.4 is 5.73 Å². The fourth-order valence-corrected chi connectivity index (χ4v) is 2.19. The van der Waals surface area contributed by atoms with E-state index in [9.17, 15) is 4.39 Å². The molecule has 0 saturated heterocycles. The van der Waals surface area contributed by atoms with Crippen LogP contribution >= 0.6 is 0 Å². The fourth-order valence-electron chi connectivity index (χ4n) is 2.19. The van der Waals surface area contributed by atoms with E-state index in [4.69, 9.17) is 5.73 Å². The summed E-state index contributed by atoms with van der Waals surface area (Å²) < 4.78 is 13.5. The number of aryl methyl sites for hydroxylation is 1. The van der Waals surface area contributed by atoms with E-state index in [1.807, 2.05) is 13.0 Å². The third-order valence-corrected chi connectivity index (χ3v) is 2.81. The fraction of sp³-hybridized carbons (Fsp3) is 0.455. The quantitative estimate of drug-likeness (QED) is 0.650. The van der Waals surface area contributed by atoms with E-state index >= 15 is 0 Å². The normalized spacial score (nSPS) is 27.0. The Morgan fingerprint density at radius 1 is 1.46 bits per heavy atom. The van der Waals surface area contributed by atoms with Crippen LogP contribution in [0.5, 0.6) is 0 Å². The summed E-state index contributed by atoms with van der Waals surface area (Å²) in [6.45, 7) is 1.91. The van der Waals surface area contributed by atoms with Crippen molar-refractivity contribution < 1.29 is 4.39 Å². The van der Waals surface area contributed by atoms with Crippen molar-refractivity contribution in [1.29, 1.82) is 0 Å². The molecule has 1 aromatic carbocycles. The summed E-state index contributed by atoms with van der Waals surface area (Å²) in [6.07, 6.45) is 2.89. The monoisotopic (exact) mass is 179 g/mol. The topological polar surface area (TPSA) is 26.0 Å². The standard InChI is InChI=1S/C11H14FN/c1-11(13)7-3-5-8-4-2-6-9(12)10(8)11/h2,4,6H,3,5,7,13H2,1H3. The number of benzene rings is 1. The summed E-state index contributed by atoms with van der Waals surface area (Å²) >= 11 is 0. The lowest BCUT2D eigenvalue weighted by molar-refractivity contribution is 0.387. The van der Waals surface area contributed by atoms with Gasteiger partial charge in [-0.05, 0) is 37.8 Å². The minimum Gasteiger partial charge on any atom is -0.322 e. The SMILES string of the molecule is CC1(N)CCCc2cccc(F)c21. The maximum atomic E-state index is 13.5. The summed E-state index contributed by atoms with van der Waals surface area (Å²) in [5.41, 5.74) is 7.38. The van der Waals surface area contributed by atoms with Crippen LogP contribution in [-0.4, -0.2) is 0 Å². The lowest BCUT2D eigenvalue weighted by Gasteiger charge is -2.32. The van der Waals surface area contributed by atoms with Gasteiger partial charge in [-0.3, -0.25) is 0 Å². The highest BCUT2D eigenvalue weighted by Gasteiger charge is 2.30. The first-order valence-corrected chi connectivity index (χ1v) is 4.68. The van der Waals surface area contributed by atoms with E-state index in [-0.39, 0.29) is 5.82 Å². The van der Waals surface area contributed by atoms with E-state index in [2.05, 4.69) is 0 Å². The zero-order valence-corrected chi connectivity index (χ0v) is 7.81. The molecule has 0 spiro atoms. The minimum absolute atomic E-state index is 0.151. The zero-order chi connectivity index (χ0) is 9.47. The molecular weight excluding hydrogens is 165 g/mol. The molecule has 0 amide bonds. The molecule has 1 nitrogen and oxygen atoms in total. The van der Waals surface area contributed by atoms with Crippen LogP contribution in [0.2, 0.25) is 0 Å². The molecule has 13 heavy (non-hydrogen) atoms. The van der Waals surface area contributed by atoms with E-state index < -0.39 is 5.54 Å². The summed E-state index contributed by atoms with van der Waals surface area (Å²) in [7, 11) is 0. The molecule has 2 rings (SSSR count). The van der Waals surface area contributed by atoms with E-state index in [1.165, 1.54) is 6.07 Å². The van der Waals surface area contributed by atoms with Gasteiger partial charge in [-0.15, -0.1) is 0 Å². The molecule has 0 heterocycles. The lowest BCUT2D eigenvalue weighted by Crippen LogP contribution is -2.37. The molecule has 2 heteroatoms. The average Bonchev–Trinajstić information content (AvgIpc) is 2.02. The Bertz CT molecular complexity index is 331. The Labute approximate surface area is 77.8 Å². The molecule has 2 N–H and O–H groups in total. The molecule has 0 saturated carbocycles. The smallest absolute Gasteiger partial charge is 0.128 e. The third kappa shape index (κ3) is 1.35. The molecule has 0 fully saturated rings. The van der Waals surface area contributed by atoms with Crippen molar-refractivity contribution in [3.05, 3.63) is 35.1 Å². The molecule has 0 bridgehead atoms. The highest BCUT2D eigenvalue weighted by atomic mass is 19.1. The minimum atomic E-state index is -0.473. The first kappa shape index (κ1) is 8.70. The molecule has 1 unspecified atom stereocenters. The predicted molar refractivity (Wildman–Crippen MR) is 50.9 cm³/mol. The number of nitrogens with two attached hydrogens (primary N) is 1. The van der Waals surface area contributed by atoms with Crippen molar-refractivity contribution >= 4 is 0 Å². The highest BCUT2D eigenvalue weighted by molar-refractivity contribution is 5.36. The first-order valence-electron chi connectivity index (χ1n) is 4.68. The van der Waals surface area contributed by atoms with Gasteiger partial charge in [0.05, 0.1) is 0 Å². The van der Waals surface area contributed by atoms with Crippen LogP contribution in [0.4, 0.5) is 4.39 Å². The zero-order valence-electron chi connectivity index (χ0n) is 7.81. The van der Waals surface area contributed by atoms with Crippen LogP contribution in [0.25, 0.3) is 0 Å². The molecule has 1 aliphatic carbocycles. The second kappa shape index (κ2) is 2.81. The van der Waals surface area contributed by atoms with Gasteiger partial charge in [-0.25, -0.2) is 4.39 Å². The van der Waals surface area contributed by atoms with Gasteiger partial charge in [-0.2, -0.15) is 0 Å². The largest absolute Gasteiger partial charge is 0.322 e. The Kier molecular flexibility index (Phi) is 1.88. The van der Waals surface area contributed by atoms with Crippen LogP contribution in [0.3, 0.4) is 0 Å². The maximum Gasteiger partial charge on any atom is 0.128 e. The average molecular weight is 179 g/mol. The Balaban J connectivity index is 2.61. The summed E-state index contributed by atoms with van der Waals surface area (Å²) in [6, 6.07) is 5.23. The van der Waals surface area contributed by atoms with Gasteiger partial charge in [0.2, 0.25) is 0 Å². The van der Waals surface area contributed by atoms with E-state index in [0.717, 1.165) is 30.4 Å². The van der Waals surface area contributed by atoms with Crippen LogP contribution in [0, 0.1) is 5.82 Å². The van der Waals surface area contributed by atoms with Crippen molar-refractivity contribution in [3.63, 3.8) is 0 Å². The second-order valence-electron chi connectivity index (χ2n) is 4.04. The molecule has 1 aliphatic rings. The van der Waals surface area contributed by atoms with Gasteiger partial charge in [0, 0.05) is 11.1 Å². The van der Waals surface area contributed by atoms with Crippen molar-refractivity contribution in [3.8, 4) is 0 Å². The predicted octanol–water partition coefficient (Wildman–Crippen LogP) is 2.34. The van der Waals surface area contributed by atoms with Gasteiger partial charge in [0.25, 0.3) is 0 Å². The number of rotatable bonds is 0. The summed E-state index contributed by atoms with van der Waals surface area (Å²) in [5, 5.41) is 0. The maximum absolute atomic E-state index is 13.5. The van der Waals surface area contributed by atoms with Gasteiger partial charge in [-0.1, -0.05) is 12.1 Å². The summed E-state index contributed by atoms with van der Waals surface area (Å²) in [4.78, 5) is 0. The molecule has 0 aliphatic heterocycles. The van der Waals surface area contributed by atoms with Crippen LogP contribution in [0.15, 0.2) is 18.2 Å². The third-order valence-electron chi connectivity index (χ3n) is 2.81. The highest BCUT2D eigenvalue weighted by Crippen LogP contribution is 2.34. The van der Waals surface area contributed by atoms with Crippen molar-refractivity contribution in [2.75, 3.05) is 0 Å². The van der Waals surface area contributed by atoms with Gasteiger partial charge in [0.1, 0.15) is 5.82 Å². The summed E-state index contributed by atoms with van der Waals surface area (Å²) in [5.74, 6) is -0.151. The Morgan fingerprint density at radius 3 is 2.92 bits per heavy atom. The van der Waals surface area contributed by atoms with E-state index in [0.29, 0.717) is 0 Å². The van der Waals surface area contributed by atoms with Crippen LogP contribution in [-0.2, 0) is 12.0 Å². The van der Waals surface area contributed by atoms with Crippen molar-refractivity contribution in [2.45, 2.75) is 31.7 Å². The Morgan fingerprint density at radius 2 is 2.23 bits per heavy atom. The molecule has 0 aromatic heterocycles. The number of hydrogen-bond donors (Lipinski definition) is 1. The number of hydrogen-bond acceptors (Lipinski definition) is 1. The molecule has 1 aromatic rings.